The van der Waals surface area contributed by atoms with Gasteiger partial charge in [-0.05, 0) is 70.9 Å². The van der Waals surface area contributed by atoms with E-state index in [1.807, 2.05) is 24.3 Å². The van der Waals surface area contributed by atoms with Gasteiger partial charge < -0.3 is 4.74 Å². The van der Waals surface area contributed by atoms with Crippen molar-refractivity contribution in [2.45, 2.75) is 32.6 Å². The molecular weight excluding hydrogens is 508 g/mol. The number of hydrogen-bond donors (Lipinski definition) is 0. The van der Waals surface area contributed by atoms with Crippen LogP contribution in [0.1, 0.15) is 54.9 Å². The van der Waals surface area contributed by atoms with Crippen LogP contribution in [0.3, 0.4) is 0 Å². The molecule has 0 aliphatic carbocycles. The Hall–Kier alpha value is -3.22. The fraction of sp³-hybridized carbons (Fsp3) is 0.214. The van der Waals surface area contributed by atoms with Gasteiger partial charge in [0.25, 0.3) is 0 Å². The summed E-state index contributed by atoms with van der Waals surface area (Å²) in [6.07, 6.45) is 4.61. The Bertz CT molecular complexity index is 1230. The van der Waals surface area contributed by atoms with Crippen molar-refractivity contribution in [3.8, 4) is 29.4 Å². The molecule has 0 aliphatic heterocycles. The summed E-state index contributed by atoms with van der Waals surface area (Å²) in [7, 11) is 0. The van der Waals surface area contributed by atoms with Gasteiger partial charge in [-0.15, -0.1) is 0 Å². The molecule has 0 atom stereocenters. The molecule has 0 amide bonds. The minimum atomic E-state index is -1.55. The Morgan fingerprint density at radius 1 is 0.647 bits per heavy atom. The highest BCUT2D eigenvalue weighted by molar-refractivity contribution is 9.10. The van der Waals surface area contributed by atoms with Gasteiger partial charge in [0.05, 0.1) is 11.1 Å². The van der Waals surface area contributed by atoms with Gasteiger partial charge >= 0.3 is 0 Å². The predicted molar refractivity (Wildman–Crippen MR) is 128 cm³/mol. The minimum absolute atomic E-state index is 0.411. The summed E-state index contributed by atoms with van der Waals surface area (Å²) in [5, 5.41) is 0. The van der Waals surface area contributed by atoms with Crippen LogP contribution in [0.4, 0.5) is 17.6 Å². The summed E-state index contributed by atoms with van der Waals surface area (Å²) in [4.78, 5) is 0. The smallest absolute Gasteiger partial charge is 0.178 e. The van der Waals surface area contributed by atoms with E-state index in [1.165, 1.54) is 19.3 Å². The zero-order chi connectivity index (χ0) is 24.5. The summed E-state index contributed by atoms with van der Waals surface area (Å²) in [6.45, 7) is 2.87. The van der Waals surface area contributed by atoms with Crippen molar-refractivity contribution in [3.05, 3.63) is 98.5 Å². The van der Waals surface area contributed by atoms with E-state index in [2.05, 4.69) is 46.5 Å². The number of rotatable bonds is 6. The zero-order valence-electron chi connectivity index (χ0n) is 18.5. The van der Waals surface area contributed by atoms with Gasteiger partial charge in [0.15, 0.2) is 23.3 Å². The van der Waals surface area contributed by atoms with Gasteiger partial charge in [-0.3, -0.25) is 0 Å². The summed E-state index contributed by atoms with van der Waals surface area (Å²) in [5.41, 5.74) is 0.983. The highest BCUT2D eigenvalue weighted by Crippen LogP contribution is 2.27. The number of unbranched alkanes of at least 4 members (excludes halogenated alkanes) is 3. The minimum Gasteiger partial charge on any atom is -0.494 e. The predicted octanol–water partition coefficient (Wildman–Crippen LogP) is 7.76. The lowest BCUT2D eigenvalue weighted by Gasteiger charge is -2.05. The van der Waals surface area contributed by atoms with E-state index in [-0.39, 0.29) is 0 Å². The molecule has 3 aromatic carbocycles. The number of halogens is 5. The second-order valence-corrected chi connectivity index (χ2v) is 8.25. The zero-order valence-corrected chi connectivity index (χ0v) is 20.0. The van der Waals surface area contributed by atoms with E-state index >= 15 is 0 Å². The molecular formula is C28H21BrF4O. The molecule has 3 aromatic rings. The van der Waals surface area contributed by atoms with E-state index < -0.39 is 33.3 Å². The van der Waals surface area contributed by atoms with Crippen LogP contribution in [-0.4, -0.2) is 6.61 Å². The first-order chi connectivity index (χ1) is 16.4. The van der Waals surface area contributed by atoms with Crippen molar-refractivity contribution in [1.82, 2.24) is 0 Å². The molecule has 0 aromatic heterocycles. The summed E-state index contributed by atoms with van der Waals surface area (Å²) in [5.74, 6) is 5.41. The molecule has 1 nitrogen and oxygen atoms in total. The van der Waals surface area contributed by atoms with Crippen molar-refractivity contribution in [3.63, 3.8) is 0 Å². The molecule has 174 valence electrons. The van der Waals surface area contributed by atoms with Gasteiger partial charge in [-0.2, -0.15) is 0 Å². The molecule has 3 rings (SSSR count). The maximum atomic E-state index is 13.9. The summed E-state index contributed by atoms with van der Waals surface area (Å²) in [6, 6.07) is 14.1. The molecule has 6 heteroatoms. The molecule has 0 N–H and O–H groups in total. The maximum Gasteiger partial charge on any atom is 0.178 e. The topological polar surface area (TPSA) is 9.23 Å². The molecule has 0 bridgehead atoms. The standard InChI is InChI=1S/C28H21BrF4O/c1-2-3-4-5-18-34-22-15-12-21(13-16-22)11-8-19-6-9-20(10-7-19)14-17-23-25(30)27(32)24(29)28(33)26(23)31/h6-7,9-10,12-13,15-16H,2-5,18H2,1H3. The van der Waals surface area contributed by atoms with Crippen molar-refractivity contribution in [2.24, 2.45) is 0 Å². The van der Waals surface area contributed by atoms with E-state index in [1.54, 1.807) is 24.3 Å². The molecule has 0 radical (unpaired) electrons. The quantitative estimate of drug-likeness (QED) is 0.104. The van der Waals surface area contributed by atoms with E-state index in [9.17, 15) is 17.6 Å². The van der Waals surface area contributed by atoms with Crippen LogP contribution in [0.15, 0.2) is 53.0 Å². The Balaban J connectivity index is 1.64. The van der Waals surface area contributed by atoms with E-state index in [0.29, 0.717) is 17.7 Å². The first-order valence-electron chi connectivity index (χ1n) is 10.8. The van der Waals surface area contributed by atoms with E-state index in [0.717, 1.165) is 17.7 Å². The summed E-state index contributed by atoms with van der Waals surface area (Å²) >= 11 is 2.47. The second-order valence-electron chi connectivity index (χ2n) is 7.46. The Kier molecular flexibility index (Phi) is 9.19. The molecule has 0 heterocycles. The average Bonchev–Trinajstić information content (AvgIpc) is 2.86. The third-order valence-electron chi connectivity index (χ3n) is 4.90. The van der Waals surface area contributed by atoms with Gasteiger partial charge in [0.1, 0.15) is 11.3 Å². The van der Waals surface area contributed by atoms with E-state index in [4.69, 9.17) is 4.74 Å². The molecule has 0 saturated heterocycles. The lowest BCUT2D eigenvalue weighted by Crippen LogP contribution is -2.01. The lowest BCUT2D eigenvalue weighted by molar-refractivity contribution is 0.305. The van der Waals surface area contributed by atoms with Gasteiger partial charge in [0, 0.05) is 16.7 Å². The first-order valence-corrected chi connectivity index (χ1v) is 11.6. The van der Waals surface area contributed by atoms with Crippen molar-refractivity contribution < 1.29 is 22.3 Å². The molecule has 0 saturated carbocycles. The van der Waals surface area contributed by atoms with Crippen LogP contribution >= 0.6 is 15.9 Å². The largest absolute Gasteiger partial charge is 0.494 e. The Labute approximate surface area is 205 Å². The van der Waals surface area contributed by atoms with Crippen LogP contribution in [-0.2, 0) is 0 Å². The molecule has 0 unspecified atom stereocenters. The molecule has 0 fully saturated rings. The van der Waals surface area contributed by atoms with Crippen LogP contribution in [0.25, 0.3) is 0 Å². The van der Waals surface area contributed by atoms with Gasteiger partial charge in [0.2, 0.25) is 0 Å². The Morgan fingerprint density at radius 2 is 1.12 bits per heavy atom. The SMILES string of the molecule is CCCCCCOc1ccc(C#Cc2ccc(C#Cc3c(F)c(F)c(Br)c(F)c3F)cc2)cc1. The lowest BCUT2D eigenvalue weighted by atomic mass is 10.1. The third-order valence-corrected chi connectivity index (χ3v) is 5.59. The van der Waals surface area contributed by atoms with Crippen LogP contribution < -0.4 is 4.74 Å². The van der Waals surface area contributed by atoms with Gasteiger partial charge in [-0.25, -0.2) is 17.6 Å². The highest BCUT2D eigenvalue weighted by atomic mass is 79.9. The van der Waals surface area contributed by atoms with Gasteiger partial charge in [-0.1, -0.05) is 49.9 Å². The first kappa shape index (κ1) is 25.4. The fourth-order valence-corrected chi connectivity index (χ4v) is 3.33. The normalized spacial score (nSPS) is 10.2. The Morgan fingerprint density at radius 3 is 1.62 bits per heavy atom. The molecule has 0 aliphatic rings. The molecule has 34 heavy (non-hydrogen) atoms. The summed E-state index contributed by atoms with van der Waals surface area (Å²) < 4.78 is 59.9. The van der Waals surface area contributed by atoms with Crippen LogP contribution in [0, 0.1) is 47.0 Å². The fourth-order valence-electron chi connectivity index (χ4n) is 2.98. The third kappa shape index (κ3) is 6.65. The molecule has 0 spiro atoms. The van der Waals surface area contributed by atoms with Crippen molar-refractivity contribution >= 4 is 15.9 Å². The maximum absolute atomic E-state index is 13.9. The van der Waals surface area contributed by atoms with Crippen molar-refractivity contribution in [1.29, 1.82) is 0 Å². The number of hydrogen-bond acceptors (Lipinski definition) is 1. The van der Waals surface area contributed by atoms with Crippen LogP contribution in [0.2, 0.25) is 0 Å². The average molecular weight is 529 g/mol. The number of benzene rings is 3. The van der Waals surface area contributed by atoms with Crippen LogP contribution in [0.5, 0.6) is 5.75 Å². The monoisotopic (exact) mass is 528 g/mol. The highest BCUT2D eigenvalue weighted by Gasteiger charge is 2.22. The second kappa shape index (κ2) is 12.3. The van der Waals surface area contributed by atoms with Crippen molar-refractivity contribution in [2.75, 3.05) is 6.61 Å². The number of ether oxygens (including phenoxy) is 1.